The number of aliphatic hydroxyl groups is 1. The molecule has 0 radical (unpaired) electrons. The summed E-state index contributed by atoms with van der Waals surface area (Å²) >= 11 is 0. The number of hydrogen-bond acceptors (Lipinski definition) is 4. The van der Waals surface area contributed by atoms with E-state index in [4.69, 9.17) is 0 Å². The quantitative estimate of drug-likeness (QED) is 0.877. The Morgan fingerprint density at radius 1 is 1.38 bits per heavy atom. The lowest BCUT2D eigenvalue weighted by Crippen LogP contribution is -2.31. The van der Waals surface area contributed by atoms with Crippen molar-refractivity contribution in [2.45, 2.75) is 51.0 Å². The molecular formula is C14H25N3O3S. The largest absolute Gasteiger partial charge is 0.393 e. The van der Waals surface area contributed by atoms with E-state index in [9.17, 15) is 13.5 Å². The molecular weight excluding hydrogens is 290 g/mol. The number of sulfonamides is 1. The van der Waals surface area contributed by atoms with Crippen molar-refractivity contribution in [3.05, 3.63) is 11.4 Å². The summed E-state index contributed by atoms with van der Waals surface area (Å²) in [5, 5.41) is 14.0. The third-order valence-corrected chi connectivity index (χ3v) is 6.32. The number of aliphatic hydroxyl groups excluding tert-OH is 1. The highest BCUT2D eigenvalue weighted by Gasteiger charge is 2.37. The van der Waals surface area contributed by atoms with Gasteiger partial charge in [-0.2, -0.15) is 9.40 Å². The highest BCUT2D eigenvalue weighted by atomic mass is 32.2. The van der Waals surface area contributed by atoms with Gasteiger partial charge in [-0.3, -0.25) is 4.68 Å². The van der Waals surface area contributed by atoms with Gasteiger partial charge >= 0.3 is 0 Å². The fraction of sp³-hybridized carbons (Fsp3) is 0.786. The van der Waals surface area contributed by atoms with Gasteiger partial charge in [-0.15, -0.1) is 0 Å². The number of nitrogens with zero attached hydrogens (tertiary/aromatic N) is 3. The smallest absolute Gasteiger partial charge is 0.246 e. The molecule has 1 fully saturated rings. The monoisotopic (exact) mass is 315 g/mol. The molecule has 1 N–H and O–H groups in total. The molecule has 2 atom stereocenters. The second-order valence-electron chi connectivity index (χ2n) is 5.71. The number of aryl methyl sites for hydroxylation is 2. The van der Waals surface area contributed by atoms with Crippen molar-refractivity contribution >= 4 is 10.0 Å². The Bertz CT molecular complexity index is 607. The summed E-state index contributed by atoms with van der Waals surface area (Å²) in [6.45, 7) is 6.45. The summed E-state index contributed by atoms with van der Waals surface area (Å²) < 4.78 is 29.1. The molecule has 2 unspecified atom stereocenters. The van der Waals surface area contributed by atoms with Crippen LogP contribution >= 0.6 is 0 Å². The summed E-state index contributed by atoms with van der Waals surface area (Å²) in [6.07, 6.45) is 1.46. The van der Waals surface area contributed by atoms with Crippen molar-refractivity contribution in [1.82, 2.24) is 14.1 Å². The van der Waals surface area contributed by atoms with E-state index in [1.54, 1.807) is 18.7 Å². The highest BCUT2D eigenvalue weighted by molar-refractivity contribution is 7.89. The molecule has 1 saturated heterocycles. The molecule has 0 amide bonds. The van der Waals surface area contributed by atoms with E-state index in [-0.39, 0.29) is 5.92 Å². The van der Waals surface area contributed by atoms with Gasteiger partial charge in [-0.25, -0.2) is 8.42 Å². The SMILES string of the molecule is CCc1nn(C)c(CC)c1S(=O)(=O)N1CCC(C(C)O)C1. The van der Waals surface area contributed by atoms with Crippen LogP contribution in [0.5, 0.6) is 0 Å². The summed E-state index contributed by atoms with van der Waals surface area (Å²) in [5.41, 5.74) is 1.39. The van der Waals surface area contributed by atoms with E-state index in [2.05, 4.69) is 5.10 Å². The Labute approximate surface area is 126 Å². The summed E-state index contributed by atoms with van der Waals surface area (Å²) in [5.74, 6) is 0.0200. The predicted molar refractivity (Wildman–Crippen MR) is 80.5 cm³/mol. The van der Waals surface area contributed by atoms with Crippen molar-refractivity contribution in [1.29, 1.82) is 0 Å². The van der Waals surface area contributed by atoms with Crippen LogP contribution in [0.4, 0.5) is 0 Å². The molecule has 7 heteroatoms. The van der Waals surface area contributed by atoms with Gasteiger partial charge in [0.05, 0.1) is 17.5 Å². The maximum atomic E-state index is 13.0. The van der Waals surface area contributed by atoms with Crippen LogP contribution in [0, 0.1) is 5.92 Å². The fourth-order valence-electron chi connectivity index (χ4n) is 3.01. The van der Waals surface area contributed by atoms with Crippen molar-refractivity contribution in [2.75, 3.05) is 13.1 Å². The van der Waals surface area contributed by atoms with Crippen LogP contribution in [0.1, 0.15) is 38.6 Å². The molecule has 1 aromatic rings. The van der Waals surface area contributed by atoms with Gasteiger partial charge in [0.15, 0.2) is 0 Å². The minimum Gasteiger partial charge on any atom is -0.393 e. The molecule has 1 aliphatic rings. The average molecular weight is 315 g/mol. The second-order valence-corrected chi connectivity index (χ2v) is 7.58. The van der Waals surface area contributed by atoms with E-state index >= 15 is 0 Å². The minimum absolute atomic E-state index is 0.0200. The van der Waals surface area contributed by atoms with Crippen LogP contribution in [-0.4, -0.2) is 46.8 Å². The molecule has 6 nitrogen and oxygen atoms in total. The maximum Gasteiger partial charge on any atom is 0.246 e. The van der Waals surface area contributed by atoms with Gasteiger partial charge in [-0.1, -0.05) is 13.8 Å². The van der Waals surface area contributed by atoms with Crippen molar-refractivity contribution in [3.63, 3.8) is 0 Å². The van der Waals surface area contributed by atoms with Gasteiger partial charge in [0, 0.05) is 20.1 Å². The molecule has 2 heterocycles. The second kappa shape index (κ2) is 6.06. The molecule has 0 bridgehead atoms. The summed E-state index contributed by atoms with van der Waals surface area (Å²) in [4.78, 5) is 0.376. The fourth-order valence-corrected chi connectivity index (χ4v) is 5.06. The first kappa shape index (κ1) is 16.5. The molecule has 0 aromatic carbocycles. The van der Waals surface area contributed by atoms with Crippen LogP contribution in [0.15, 0.2) is 4.90 Å². The third kappa shape index (κ3) is 2.86. The Morgan fingerprint density at radius 2 is 2.05 bits per heavy atom. The number of rotatable bonds is 5. The van der Waals surface area contributed by atoms with E-state index in [0.29, 0.717) is 42.9 Å². The molecule has 2 rings (SSSR count). The lowest BCUT2D eigenvalue weighted by molar-refractivity contribution is 0.133. The third-order valence-electron chi connectivity index (χ3n) is 4.32. The molecule has 21 heavy (non-hydrogen) atoms. The molecule has 120 valence electrons. The van der Waals surface area contributed by atoms with E-state index in [1.807, 2.05) is 13.8 Å². The Kier molecular flexibility index (Phi) is 4.75. The van der Waals surface area contributed by atoms with Gasteiger partial charge < -0.3 is 5.11 Å². The molecule has 1 aliphatic heterocycles. The summed E-state index contributed by atoms with van der Waals surface area (Å²) in [7, 11) is -1.74. The predicted octanol–water partition coefficient (Wildman–Crippen LogP) is 0.936. The Balaban J connectivity index is 2.41. The first-order chi connectivity index (χ1) is 9.82. The number of aromatic nitrogens is 2. The van der Waals surface area contributed by atoms with Crippen molar-refractivity contribution in [2.24, 2.45) is 13.0 Å². The standard InChI is InChI=1S/C14H25N3O3S/c1-5-12-14(13(6-2)16(4)15-12)21(19,20)17-8-7-11(9-17)10(3)18/h10-11,18H,5-9H2,1-4H3. The molecule has 0 aliphatic carbocycles. The van der Waals surface area contributed by atoms with Crippen LogP contribution in [0.25, 0.3) is 0 Å². The van der Waals surface area contributed by atoms with Gasteiger partial charge in [0.25, 0.3) is 0 Å². The van der Waals surface area contributed by atoms with Gasteiger partial charge in [0.2, 0.25) is 10.0 Å². The molecule has 0 saturated carbocycles. The van der Waals surface area contributed by atoms with Crippen LogP contribution in [-0.2, 0) is 29.9 Å². The van der Waals surface area contributed by atoms with Gasteiger partial charge in [0.1, 0.15) is 4.90 Å². The lowest BCUT2D eigenvalue weighted by atomic mass is 10.0. The van der Waals surface area contributed by atoms with Crippen LogP contribution in [0.3, 0.4) is 0 Å². The first-order valence-electron chi connectivity index (χ1n) is 7.55. The molecule has 0 spiro atoms. The Hall–Kier alpha value is -0.920. The lowest BCUT2D eigenvalue weighted by Gasteiger charge is -2.18. The maximum absolute atomic E-state index is 13.0. The average Bonchev–Trinajstić information content (AvgIpc) is 3.02. The van der Waals surface area contributed by atoms with E-state index < -0.39 is 16.1 Å². The topological polar surface area (TPSA) is 75.4 Å². The Morgan fingerprint density at radius 3 is 2.52 bits per heavy atom. The van der Waals surface area contributed by atoms with Gasteiger partial charge in [-0.05, 0) is 32.1 Å². The first-order valence-corrected chi connectivity index (χ1v) is 8.99. The van der Waals surface area contributed by atoms with Crippen LogP contribution in [0.2, 0.25) is 0 Å². The van der Waals surface area contributed by atoms with E-state index in [0.717, 1.165) is 5.69 Å². The zero-order chi connectivity index (χ0) is 15.8. The zero-order valence-electron chi connectivity index (χ0n) is 13.2. The molecule has 1 aromatic heterocycles. The summed E-state index contributed by atoms with van der Waals surface area (Å²) in [6, 6.07) is 0. The highest BCUT2D eigenvalue weighted by Crippen LogP contribution is 2.30. The zero-order valence-corrected chi connectivity index (χ0v) is 14.0. The number of hydrogen-bond donors (Lipinski definition) is 1. The normalized spacial score (nSPS) is 21.9. The minimum atomic E-state index is -3.53. The van der Waals surface area contributed by atoms with Crippen molar-refractivity contribution < 1.29 is 13.5 Å². The van der Waals surface area contributed by atoms with Crippen LogP contribution < -0.4 is 0 Å². The van der Waals surface area contributed by atoms with Crippen molar-refractivity contribution in [3.8, 4) is 0 Å². The van der Waals surface area contributed by atoms with E-state index in [1.165, 1.54) is 4.31 Å².